The summed E-state index contributed by atoms with van der Waals surface area (Å²) in [6.45, 7) is 3.84. The number of aliphatic hydroxyl groups excluding tert-OH is 1. The Bertz CT molecular complexity index is 589. The Balaban J connectivity index is 2.08. The van der Waals surface area contributed by atoms with E-state index >= 15 is 0 Å². The van der Waals surface area contributed by atoms with Crippen molar-refractivity contribution in [1.82, 2.24) is 19.5 Å². The second-order valence-electron chi connectivity index (χ2n) is 4.13. The van der Waals surface area contributed by atoms with E-state index in [4.69, 9.17) is 10.5 Å². The normalized spacial score (nSPS) is 32.2. The molecular weight excluding hydrogens is 301 g/mol. The van der Waals surface area contributed by atoms with Crippen molar-refractivity contribution in [3.63, 3.8) is 0 Å². The van der Waals surface area contributed by atoms with Crippen LogP contribution in [-0.2, 0) is 4.74 Å². The Morgan fingerprint density at radius 2 is 2.22 bits per heavy atom. The van der Waals surface area contributed by atoms with Crippen LogP contribution in [0.3, 0.4) is 0 Å². The van der Waals surface area contributed by atoms with Crippen LogP contribution in [0.5, 0.6) is 0 Å². The second-order valence-corrected chi connectivity index (χ2v) is 5.38. The quantitative estimate of drug-likeness (QED) is 0.668. The van der Waals surface area contributed by atoms with Gasteiger partial charge in [0, 0.05) is 0 Å². The van der Waals surface area contributed by atoms with Gasteiger partial charge in [-0.15, -0.1) is 0 Å². The zero-order valence-electron chi connectivity index (χ0n) is 9.34. The van der Waals surface area contributed by atoms with Crippen molar-refractivity contribution >= 4 is 33.0 Å². The van der Waals surface area contributed by atoms with Crippen LogP contribution in [-0.4, -0.2) is 52.8 Å². The van der Waals surface area contributed by atoms with Crippen LogP contribution < -0.4 is 5.73 Å². The molecule has 1 saturated heterocycles. The van der Waals surface area contributed by atoms with Gasteiger partial charge in [-0.25, -0.2) is 0 Å². The van der Waals surface area contributed by atoms with E-state index in [0.717, 1.165) is 0 Å². The minimum atomic E-state index is -0.680. The summed E-state index contributed by atoms with van der Waals surface area (Å²) in [5.41, 5.74) is 6.76. The van der Waals surface area contributed by atoms with Gasteiger partial charge in [0.15, 0.2) is 0 Å². The van der Waals surface area contributed by atoms with E-state index in [1.807, 2.05) is 0 Å². The molecule has 1 aliphatic rings. The minimum absolute atomic E-state index is 0.112. The zero-order valence-corrected chi connectivity index (χ0v) is 11.2. The number of nitrogens with zero attached hydrogens (tertiary/aromatic N) is 4. The van der Waals surface area contributed by atoms with Crippen LogP contribution >= 0.6 is 0 Å². The van der Waals surface area contributed by atoms with E-state index in [1.165, 1.54) is 6.33 Å². The SMILES string of the molecule is [CH2][C@H]1O[C@@H](n2cnc3c(N)ncnc32)[C@H](O)[C@@H]1[SeH]. The summed E-state index contributed by atoms with van der Waals surface area (Å²) in [5.74, 6) is 0.307. The number of rotatable bonds is 1. The summed E-state index contributed by atoms with van der Waals surface area (Å²) in [6, 6.07) is 0. The fraction of sp³-hybridized carbons (Fsp3) is 0.400. The zero-order chi connectivity index (χ0) is 12.9. The topological polar surface area (TPSA) is 99.1 Å². The van der Waals surface area contributed by atoms with Gasteiger partial charge in [0.1, 0.15) is 0 Å². The summed E-state index contributed by atoms with van der Waals surface area (Å²) in [6.07, 6.45) is 1.38. The molecule has 3 rings (SSSR count). The summed E-state index contributed by atoms with van der Waals surface area (Å²) in [5, 5.41) is 10.1. The first-order valence-corrected chi connectivity index (χ1v) is 6.45. The standard InChI is InChI=1S/C10H12N5O2Se/c1-4-7(18)6(16)10(17-4)15-3-14-5-8(11)12-2-13-9(5)15/h2-4,6-7,10,16,18H,1H2,(H2,11,12,13)/t4-,6-,7-,10-/m1/s1. The third kappa shape index (κ3) is 1.61. The molecule has 1 radical (unpaired) electrons. The number of hydrogen-bond acceptors (Lipinski definition) is 6. The van der Waals surface area contributed by atoms with Crippen molar-refractivity contribution in [1.29, 1.82) is 0 Å². The first-order valence-electron chi connectivity index (χ1n) is 5.37. The molecule has 0 aliphatic carbocycles. The van der Waals surface area contributed by atoms with Crippen molar-refractivity contribution in [3.8, 4) is 0 Å². The number of ether oxygens (including phenoxy) is 1. The van der Waals surface area contributed by atoms with E-state index in [0.29, 0.717) is 17.0 Å². The molecule has 2 aromatic heterocycles. The third-order valence-corrected chi connectivity index (χ3v) is 4.34. The van der Waals surface area contributed by atoms with E-state index in [2.05, 4.69) is 37.9 Å². The molecule has 2 aromatic rings. The van der Waals surface area contributed by atoms with E-state index in [9.17, 15) is 5.11 Å². The Morgan fingerprint density at radius 3 is 2.89 bits per heavy atom. The number of imidazole rings is 1. The van der Waals surface area contributed by atoms with Crippen LogP contribution in [0.4, 0.5) is 5.82 Å². The van der Waals surface area contributed by atoms with E-state index < -0.39 is 12.3 Å². The van der Waals surface area contributed by atoms with Gasteiger partial charge in [0.05, 0.1) is 0 Å². The van der Waals surface area contributed by atoms with Gasteiger partial charge >= 0.3 is 111 Å². The number of aliphatic hydroxyl groups is 1. The van der Waals surface area contributed by atoms with Gasteiger partial charge < -0.3 is 0 Å². The first-order chi connectivity index (χ1) is 8.59. The molecular formula is C10H12N5O2Se. The fourth-order valence-corrected chi connectivity index (χ4v) is 2.47. The molecule has 0 saturated carbocycles. The van der Waals surface area contributed by atoms with Crippen molar-refractivity contribution in [2.75, 3.05) is 5.73 Å². The molecule has 1 fully saturated rings. The van der Waals surface area contributed by atoms with Crippen LogP contribution in [0, 0.1) is 6.92 Å². The van der Waals surface area contributed by atoms with Gasteiger partial charge in [0.2, 0.25) is 0 Å². The molecule has 7 nitrogen and oxygen atoms in total. The van der Waals surface area contributed by atoms with E-state index in [1.54, 1.807) is 10.9 Å². The Hall–Kier alpha value is -1.21. The van der Waals surface area contributed by atoms with Crippen molar-refractivity contribution in [2.24, 2.45) is 0 Å². The molecule has 0 bridgehead atoms. The Morgan fingerprint density at radius 1 is 1.44 bits per heavy atom. The van der Waals surface area contributed by atoms with Crippen LogP contribution in [0.15, 0.2) is 12.7 Å². The summed E-state index contributed by atoms with van der Waals surface area (Å²) in [7, 11) is 0. The number of hydrogen-bond donors (Lipinski definition) is 2. The van der Waals surface area contributed by atoms with Crippen molar-refractivity contribution in [3.05, 3.63) is 19.6 Å². The molecule has 95 valence electrons. The van der Waals surface area contributed by atoms with Gasteiger partial charge in [-0.3, -0.25) is 0 Å². The molecule has 3 N–H and O–H groups in total. The molecule has 0 unspecified atom stereocenters. The molecule has 0 spiro atoms. The van der Waals surface area contributed by atoms with Gasteiger partial charge in [-0.05, 0) is 0 Å². The maximum atomic E-state index is 10.1. The predicted molar refractivity (Wildman–Crippen MR) is 65.9 cm³/mol. The number of aromatic nitrogens is 4. The number of anilines is 1. The molecule has 1 aliphatic heterocycles. The first kappa shape index (κ1) is 11.9. The molecule has 0 aromatic carbocycles. The predicted octanol–water partition coefficient (Wildman–Crippen LogP) is -0.810. The van der Waals surface area contributed by atoms with Crippen molar-refractivity contribution in [2.45, 2.75) is 23.3 Å². The number of fused-ring (bicyclic) bond motifs is 1. The molecule has 8 heteroatoms. The Labute approximate surface area is 111 Å². The number of nitrogens with two attached hydrogens (primary N) is 1. The number of nitrogen functional groups attached to an aromatic ring is 1. The van der Waals surface area contributed by atoms with Crippen molar-refractivity contribution < 1.29 is 9.84 Å². The van der Waals surface area contributed by atoms with Crippen LogP contribution in [0.2, 0.25) is 4.82 Å². The van der Waals surface area contributed by atoms with Crippen LogP contribution in [0.25, 0.3) is 11.2 Å². The van der Waals surface area contributed by atoms with Gasteiger partial charge in [-0.1, -0.05) is 0 Å². The Kier molecular flexibility index (Phi) is 2.74. The third-order valence-electron chi connectivity index (χ3n) is 3.00. The maximum absolute atomic E-state index is 10.1. The summed E-state index contributed by atoms with van der Waals surface area (Å²) < 4.78 is 7.28. The summed E-state index contributed by atoms with van der Waals surface area (Å²) >= 11 is 2.38. The fourth-order valence-electron chi connectivity index (χ4n) is 2.02. The molecule has 3 heterocycles. The molecule has 18 heavy (non-hydrogen) atoms. The molecule has 4 atom stereocenters. The van der Waals surface area contributed by atoms with Gasteiger partial charge in [-0.2, -0.15) is 0 Å². The van der Waals surface area contributed by atoms with Crippen LogP contribution in [0.1, 0.15) is 6.23 Å². The monoisotopic (exact) mass is 314 g/mol. The molecule has 0 amide bonds. The second kappa shape index (κ2) is 4.17. The summed E-state index contributed by atoms with van der Waals surface area (Å²) in [4.78, 5) is 12.0. The average Bonchev–Trinajstić information content (AvgIpc) is 2.88. The average molecular weight is 313 g/mol. The van der Waals surface area contributed by atoms with E-state index in [-0.39, 0.29) is 10.9 Å². The van der Waals surface area contributed by atoms with Gasteiger partial charge in [0.25, 0.3) is 0 Å².